The molecule has 27 heavy (non-hydrogen) atoms. The summed E-state index contributed by atoms with van der Waals surface area (Å²) in [6, 6.07) is 11.4. The third kappa shape index (κ3) is 4.23. The molecule has 1 heterocycles. The molecule has 0 saturated carbocycles. The molecule has 0 fully saturated rings. The number of anilines is 1. The van der Waals surface area contributed by atoms with Crippen molar-refractivity contribution in [1.29, 1.82) is 0 Å². The van der Waals surface area contributed by atoms with Crippen molar-refractivity contribution in [3.05, 3.63) is 63.5 Å². The number of carbonyl (C=O) groups is 1. The molecular formula is C20H18ClNO5. The fourth-order valence-electron chi connectivity index (χ4n) is 2.53. The summed E-state index contributed by atoms with van der Waals surface area (Å²) in [5.74, 6) is 0.418. The number of rotatable bonds is 6. The lowest BCUT2D eigenvalue weighted by Crippen LogP contribution is -2.21. The number of halogens is 1. The highest BCUT2D eigenvalue weighted by Crippen LogP contribution is 2.28. The number of nitrogens with one attached hydrogen (secondary N) is 1. The average molecular weight is 388 g/mol. The summed E-state index contributed by atoms with van der Waals surface area (Å²) in [6.45, 7) is 2.57. The van der Waals surface area contributed by atoms with Gasteiger partial charge < -0.3 is 19.2 Å². The summed E-state index contributed by atoms with van der Waals surface area (Å²) < 4.78 is 16.0. The summed E-state index contributed by atoms with van der Waals surface area (Å²) in [5.41, 5.74) is -0.149. The Bertz CT molecular complexity index is 1040. The highest BCUT2D eigenvalue weighted by molar-refractivity contribution is 6.31. The molecule has 1 N–H and O–H groups in total. The molecule has 0 aliphatic rings. The van der Waals surface area contributed by atoms with Crippen molar-refractivity contribution in [2.24, 2.45) is 0 Å². The van der Waals surface area contributed by atoms with Gasteiger partial charge in [0, 0.05) is 16.5 Å². The molecular weight excluding hydrogens is 370 g/mol. The van der Waals surface area contributed by atoms with Gasteiger partial charge in [0.2, 0.25) is 0 Å². The number of carbonyl (C=O) groups excluding carboxylic acids is 1. The van der Waals surface area contributed by atoms with Crippen LogP contribution in [0.1, 0.15) is 23.7 Å². The Balaban J connectivity index is 1.92. The van der Waals surface area contributed by atoms with Crippen LogP contribution in [0.2, 0.25) is 5.02 Å². The van der Waals surface area contributed by atoms with Crippen LogP contribution in [0.3, 0.4) is 0 Å². The Hall–Kier alpha value is -2.99. The standard InChI is InChI=1S/C20H18ClNO5/c1-3-8-26-14-6-4-12-9-15(20(24)27-18(12)11-14)19(23)22-16-10-13(21)5-7-17(16)25-2/h4-7,9-11H,3,8H2,1-2H3,(H,22,23). The van der Waals surface area contributed by atoms with Crippen molar-refractivity contribution in [3.63, 3.8) is 0 Å². The number of methoxy groups -OCH3 is 1. The first-order valence-electron chi connectivity index (χ1n) is 8.37. The lowest BCUT2D eigenvalue weighted by atomic mass is 10.1. The maximum atomic E-state index is 12.6. The molecule has 0 aliphatic carbocycles. The first kappa shape index (κ1) is 18.8. The third-order valence-electron chi connectivity index (χ3n) is 3.83. The van der Waals surface area contributed by atoms with Gasteiger partial charge >= 0.3 is 5.63 Å². The maximum Gasteiger partial charge on any atom is 0.349 e. The zero-order valence-electron chi connectivity index (χ0n) is 14.9. The van der Waals surface area contributed by atoms with Gasteiger partial charge in [0.1, 0.15) is 22.6 Å². The largest absolute Gasteiger partial charge is 0.495 e. The van der Waals surface area contributed by atoms with Crippen molar-refractivity contribution >= 4 is 34.2 Å². The smallest absolute Gasteiger partial charge is 0.349 e. The fourth-order valence-corrected chi connectivity index (χ4v) is 2.70. The van der Waals surface area contributed by atoms with Crippen molar-refractivity contribution in [2.45, 2.75) is 13.3 Å². The number of hydrogen-bond donors (Lipinski definition) is 1. The fraction of sp³-hybridized carbons (Fsp3) is 0.200. The van der Waals surface area contributed by atoms with Gasteiger partial charge in [-0.25, -0.2) is 4.79 Å². The monoisotopic (exact) mass is 387 g/mol. The summed E-state index contributed by atoms with van der Waals surface area (Å²) in [4.78, 5) is 24.9. The van der Waals surface area contributed by atoms with Crippen LogP contribution in [0.4, 0.5) is 5.69 Å². The molecule has 0 unspecified atom stereocenters. The Morgan fingerprint density at radius 1 is 1.19 bits per heavy atom. The second-order valence-corrected chi connectivity index (χ2v) is 6.23. The van der Waals surface area contributed by atoms with Crippen LogP contribution in [-0.4, -0.2) is 19.6 Å². The first-order chi connectivity index (χ1) is 13.0. The summed E-state index contributed by atoms with van der Waals surface area (Å²) >= 11 is 5.96. The van der Waals surface area contributed by atoms with E-state index in [9.17, 15) is 9.59 Å². The molecule has 3 rings (SSSR count). The average Bonchev–Trinajstić information content (AvgIpc) is 2.65. The highest BCUT2D eigenvalue weighted by Gasteiger charge is 2.16. The molecule has 0 spiro atoms. The van der Waals surface area contributed by atoms with Crippen LogP contribution in [-0.2, 0) is 0 Å². The summed E-state index contributed by atoms with van der Waals surface area (Å²) in [6.07, 6.45) is 0.869. The van der Waals surface area contributed by atoms with Crippen LogP contribution >= 0.6 is 11.6 Å². The third-order valence-corrected chi connectivity index (χ3v) is 4.07. The zero-order chi connectivity index (χ0) is 19.4. The van der Waals surface area contributed by atoms with Crippen LogP contribution < -0.4 is 20.4 Å². The van der Waals surface area contributed by atoms with Gasteiger partial charge in [-0.05, 0) is 42.8 Å². The molecule has 0 saturated heterocycles. The van der Waals surface area contributed by atoms with E-state index in [4.69, 9.17) is 25.5 Å². The van der Waals surface area contributed by atoms with Gasteiger partial charge in [0.15, 0.2) is 0 Å². The minimum atomic E-state index is -0.742. The summed E-state index contributed by atoms with van der Waals surface area (Å²) in [7, 11) is 1.47. The number of hydrogen-bond acceptors (Lipinski definition) is 5. The van der Waals surface area contributed by atoms with E-state index < -0.39 is 11.5 Å². The van der Waals surface area contributed by atoms with Crippen molar-refractivity contribution < 1.29 is 18.7 Å². The van der Waals surface area contributed by atoms with E-state index in [-0.39, 0.29) is 5.56 Å². The number of amides is 1. The van der Waals surface area contributed by atoms with E-state index >= 15 is 0 Å². The van der Waals surface area contributed by atoms with E-state index in [2.05, 4.69) is 5.32 Å². The second kappa shape index (κ2) is 8.14. The quantitative estimate of drug-likeness (QED) is 0.630. The minimum Gasteiger partial charge on any atom is -0.495 e. The molecule has 0 radical (unpaired) electrons. The second-order valence-electron chi connectivity index (χ2n) is 5.79. The highest BCUT2D eigenvalue weighted by atomic mass is 35.5. The molecule has 140 valence electrons. The Morgan fingerprint density at radius 3 is 2.74 bits per heavy atom. The minimum absolute atomic E-state index is 0.119. The van der Waals surface area contributed by atoms with E-state index in [1.807, 2.05) is 6.92 Å². The van der Waals surface area contributed by atoms with Gasteiger partial charge in [-0.15, -0.1) is 0 Å². The van der Waals surface area contributed by atoms with E-state index in [1.165, 1.54) is 19.2 Å². The molecule has 0 bridgehead atoms. The van der Waals surface area contributed by atoms with Gasteiger partial charge in [0.25, 0.3) is 5.91 Å². The number of benzene rings is 2. The van der Waals surface area contributed by atoms with Gasteiger partial charge in [-0.2, -0.15) is 0 Å². The molecule has 7 heteroatoms. The van der Waals surface area contributed by atoms with E-state index in [1.54, 1.807) is 30.3 Å². The lowest BCUT2D eigenvalue weighted by Gasteiger charge is -2.10. The van der Waals surface area contributed by atoms with Gasteiger partial charge in [-0.3, -0.25) is 4.79 Å². The zero-order valence-corrected chi connectivity index (χ0v) is 15.6. The van der Waals surface area contributed by atoms with Gasteiger partial charge in [-0.1, -0.05) is 18.5 Å². The molecule has 3 aromatic rings. The molecule has 1 aromatic heterocycles. The van der Waals surface area contributed by atoms with Gasteiger partial charge in [0.05, 0.1) is 19.4 Å². The van der Waals surface area contributed by atoms with Crippen molar-refractivity contribution in [2.75, 3.05) is 19.0 Å². The topological polar surface area (TPSA) is 77.8 Å². The van der Waals surface area contributed by atoms with E-state index in [0.717, 1.165) is 6.42 Å². The Labute approximate surface area is 160 Å². The predicted molar refractivity (Wildman–Crippen MR) is 104 cm³/mol. The van der Waals surface area contributed by atoms with E-state index in [0.29, 0.717) is 39.8 Å². The van der Waals surface area contributed by atoms with Crippen LogP contribution in [0.15, 0.2) is 51.7 Å². The SMILES string of the molecule is CCCOc1ccc2cc(C(=O)Nc3cc(Cl)ccc3OC)c(=O)oc2c1. The van der Waals surface area contributed by atoms with Crippen molar-refractivity contribution in [1.82, 2.24) is 0 Å². The lowest BCUT2D eigenvalue weighted by molar-refractivity contribution is 0.102. The molecule has 0 atom stereocenters. The first-order valence-corrected chi connectivity index (χ1v) is 8.75. The maximum absolute atomic E-state index is 12.6. The normalized spacial score (nSPS) is 10.6. The molecule has 1 amide bonds. The van der Waals surface area contributed by atoms with Crippen LogP contribution in [0.25, 0.3) is 11.0 Å². The van der Waals surface area contributed by atoms with Crippen LogP contribution in [0.5, 0.6) is 11.5 Å². The van der Waals surface area contributed by atoms with Crippen molar-refractivity contribution in [3.8, 4) is 11.5 Å². The number of fused-ring (bicyclic) bond motifs is 1. The predicted octanol–water partition coefficient (Wildman–Crippen LogP) is 4.50. The number of ether oxygens (including phenoxy) is 2. The molecule has 2 aromatic carbocycles. The Morgan fingerprint density at radius 2 is 2.00 bits per heavy atom. The summed E-state index contributed by atoms with van der Waals surface area (Å²) in [5, 5.41) is 3.67. The Kier molecular flexibility index (Phi) is 5.66. The molecule has 6 nitrogen and oxygen atoms in total. The molecule has 0 aliphatic heterocycles. The van der Waals surface area contributed by atoms with Crippen LogP contribution in [0, 0.1) is 0 Å².